The van der Waals surface area contributed by atoms with Gasteiger partial charge in [0.1, 0.15) is 5.82 Å². The number of hydrogen-bond acceptors (Lipinski definition) is 5. The van der Waals surface area contributed by atoms with Gasteiger partial charge in [0.05, 0.1) is 18.3 Å². The van der Waals surface area contributed by atoms with Crippen LogP contribution < -0.4 is 10.6 Å². The Balaban J connectivity index is 1.97. The van der Waals surface area contributed by atoms with E-state index in [0.717, 1.165) is 17.6 Å². The van der Waals surface area contributed by atoms with E-state index < -0.39 is 0 Å². The summed E-state index contributed by atoms with van der Waals surface area (Å²) in [5.41, 5.74) is 0.537. The number of nitrogens with one attached hydrogen (secondary N) is 2. The lowest BCUT2D eigenvalue weighted by Gasteiger charge is -2.30. The van der Waals surface area contributed by atoms with E-state index in [1.165, 1.54) is 0 Å². The van der Waals surface area contributed by atoms with Crippen LogP contribution in [0.3, 0.4) is 0 Å². The average molecular weight is 357 g/mol. The third-order valence-electron chi connectivity index (χ3n) is 3.28. The first-order valence-corrected chi connectivity index (χ1v) is 7.87. The van der Waals surface area contributed by atoms with Gasteiger partial charge >= 0.3 is 0 Å². The normalized spacial score (nSPS) is 19.3. The minimum Gasteiger partial charge on any atom is -0.374 e. The van der Waals surface area contributed by atoms with Gasteiger partial charge in [0.2, 0.25) is 0 Å². The van der Waals surface area contributed by atoms with Crippen LogP contribution in [0.25, 0.3) is 0 Å². The van der Waals surface area contributed by atoms with Crippen LogP contribution in [0.2, 0.25) is 0 Å². The van der Waals surface area contributed by atoms with Crippen LogP contribution in [0.5, 0.6) is 0 Å². The smallest absolute Gasteiger partial charge is 0.255 e. The van der Waals surface area contributed by atoms with Crippen LogP contribution >= 0.6 is 15.9 Å². The predicted molar refractivity (Wildman–Crippen MR) is 85.7 cm³/mol. The molecule has 0 radical (unpaired) electrons. The minimum atomic E-state index is -0.142. The Morgan fingerprint density at radius 1 is 1.62 bits per heavy atom. The summed E-state index contributed by atoms with van der Waals surface area (Å²) in [6, 6.07) is 1.77. The van der Waals surface area contributed by atoms with Crippen molar-refractivity contribution in [3.05, 3.63) is 22.3 Å². The van der Waals surface area contributed by atoms with E-state index in [1.54, 1.807) is 12.3 Å². The maximum atomic E-state index is 12.3. The molecule has 6 nitrogen and oxygen atoms in total. The zero-order valence-electron chi connectivity index (χ0n) is 12.4. The number of morpholine rings is 1. The molecule has 1 aromatic heterocycles. The zero-order chi connectivity index (χ0) is 15.2. The van der Waals surface area contributed by atoms with Crippen molar-refractivity contribution >= 4 is 27.7 Å². The Labute approximate surface area is 133 Å². The molecule has 21 heavy (non-hydrogen) atoms. The van der Waals surface area contributed by atoms with E-state index in [9.17, 15) is 4.79 Å². The summed E-state index contributed by atoms with van der Waals surface area (Å²) < 4.78 is 6.42. The fourth-order valence-corrected chi connectivity index (χ4v) is 2.54. The van der Waals surface area contributed by atoms with Crippen molar-refractivity contribution in [2.45, 2.75) is 13.0 Å². The lowest BCUT2D eigenvalue weighted by Crippen LogP contribution is -2.46. The van der Waals surface area contributed by atoms with Crippen molar-refractivity contribution in [2.24, 2.45) is 0 Å². The van der Waals surface area contributed by atoms with Gasteiger partial charge < -0.3 is 20.3 Å². The number of halogens is 1. The first-order chi connectivity index (χ1) is 10.1. The Bertz CT molecular complexity index is 498. The molecule has 2 heterocycles. The van der Waals surface area contributed by atoms with E-state index in [2.05, 4.69) is 43.5 Å². The van der Waals surface area contributed by atoms with Crippen molar-refractivity contribution in [1.29, 1.82) is 0 Å². The fraction of sp³-hybridized carbons (Fsp3) is 0.571. The molecule has 1 aliphatic rings. The zero-order valence-corrected chi connectivity index (χ0v) is 13.9. The van der Waals surface area contributed by atoms with Gasteiger partial charge in [-0.15, -0.1) is 0 Å². The molecule has 7 heteroatoms. The van der Waals surface area contributed by atoms with Gasteiger partial charge in [0, 0.05) is 36.8 Å². The number of anilines is 1. The molecule has 1 unspecified atom stereocenters. The van der Waals surface area contributed by atoms with E-state index in [0.29, 0.717) is 31.1 Å². The quantitative estimate of drug-likeness (QED) is 0.833. The molecule has 1 saturated heterocycles. The van der Waals surface area contributed by atoms with Crippen LogP contribution in [0.4, 0.5) is 5.82 Å². The van der Waals surface area contributed by atoms with Crippen molar-refractivity contribution in [1.82, 2.24) is 15.2 Å². The summed E-state index contributed by atoms with van der Waals surface area (Å²) >= 11 is 3.35. The maximum Gasteiger partial charge on any atom is 0.255 e. The van der Waals surface area contributed by atoms with Gasteiger partial charge in [-0.1, -0.05) is 0 Å². The lowest BCUT2D eigenvalue weighted by molar-refractivity contribution is -0.0175. The molecule has 1 aromatic rings. The first kappa shape index (κ1) is 16.2. The largest absolute Gasteiger partial charge is 0.374 e. The van der Waals surface area contributed by atoms with Gasteiger partial charge in [-0.05, 0) is 36.0 Å². The van der Waals surface area contributed by atoms with Crippen LogP contribution in [-0.2, 0) is 4.74 Å². The Morgan fingerprint density at radius 2 is 2.43 bits per heavy atom. The number of amides is 1. The van der Waals surface area contributed by atoms with Crippen LogP contribution in [0.1, 0.15) is 17.3 Å². The van der Waals surface area contributed by atoms with E-state index in [1.807, 2.05) is 6.92 Å². The number of aromatic nitrogens is 1. The van der Waals surface area contributed by atoms with E-state index >= 15 is 0 Å². The Morgan fingerprint density at radius 3 is 3.14 bits per heavy atom. The van der Waals surface area contributed by atoms with Gasteiger partial charge in [-0.3, -0.25) is 4.79 Å². The van der Waals surface area contributed by atoms with E-state index in [-0.39, 0.29) is 12.0 Å². The molecule has 0 aromatic carbocycles. The van der Waals surface area contributed by atoms with E-state index in [4.69, 9.17) is 4.74 Å². The number of nitrogens with zero attached hydrogens (tertiary/aromatic N) is 2. The molecule has 0 saturated carbocycles. The second-order valence-electron chi connectivity index (χ2n) is 5.05. The lowest BCUT2D eigenvalue weighted by atomic mass is 10.2. The highest BCUT2D eigenvalue weighted by Crippen LogP contribution is 2.18. The highest BCUT2D eigenvalue weighted by molar-refractivity contribution is 9.10. The molecule has 1 fully saturated rings. The Hall–Kier alpha value is -1.18. The van der Waals surface area contributed by atoms with Crippen molar-refractivity contribution in [3.8, 4) is 0 Å². The molecular formula is C14H21BrN4O2. The summed E-state index contributed by atoms with van der Waals surface area (Å²) in [5.74, 6) is 0.455. The van der Waals surface area contributed by atoms with Crippen molar-refractivity contribution in [3.63, 3.8) is 0 Å². The number of pyridine rings is 1. The average Bonchev–Trinajstić information content (AvgIpc) is 2.47. The summed E-state index contributed by atoms with van der Waals surface area (Å²) in [6.45, 7) is 5.66. The number of carbonyl (C=O) groups excluding carboxylic acids is 1. The van der Waals surface area contributed by atoms with Crippen molar-refractivity contribution in [2.75, 3.05) is 45.2 Å². The molecular weight excluding hydrogens is 336 g/mol. The number of likely N-dealkylation sites (N-methyl/N-ethyl adjacent to an activating group) is 1. The molecule has 0 bridgehead atoms. The highest BCUT2D eigenvalue weighted by atomic mass is 79.9. The molecule has 0 spiro atoms. The second-order valence-corrected chi connectivity index (χ2v) is 5.96. The van der Waals surface area contributed by atoms with Gasteiger partial charge in [0.15, 0.2) is 0 Å². The standard InChI is InChI=1S/C14H21BrN4O2/c1-3-16-13-12(6-10(15)7-17-13)14(20)18-8-11-9-19(2)4-5-21-11/h6-7,11H,3-5,8-9H2,1-2H3,(H,16,17)(H,18,20). The summed E-state index contributed by atoms with van der Waals surface area (Å²) in [4.78, 5) is 18.8. The third-order valence-corrected chi connectivity index (χ3v) is 3.71. The second kappa shape index (κ2) is 7.72. The van der Waals surface area contributed by atoms with Crippen LogP contribution in [-0.4, -0.2) is 61.7 Å². The summed E-state index contributed by atoms with van der Waals surface area (Å²) in [7, 11) is 2.05. The van der Waals surface area contributed by atoms with Gasteiger partial charge in [0.25, 0.3) is 5.91 Å². The summed E-state index contributed by atoms with van der Waals surface area (Å²) in [6.07, 6.45) is 1.71. The molecule has 1 atom stereocenters. The molecule has 0 aliphatic carbocycles. The fourth-order valence-electron chi connectivity index (χ4n) is 2.21. The Kier molecular flexibility index (Phi) is 5.96. The number of ether oxygens (including phenoxy) is 1. The molecule has 2 rings (SSSR count). The van der Waals surface area contributed by atoms with Crippen LogP contribution in [0.15, 0.2) is 16.7 Å². The van der Waals surface area contributed by atoms with Crippen molar-refractivity contribution < 1.29 is 9.53 Å². The monoisotopic (exact) mass is 356 g/mol. The van der Waals surface area contributed by atoms with Gasteiger partial charge in [-0.25, -0.2) is 4.98 Å². The predicted octanol–water partition coefficient (Wildman–Crippen LogP) is 1.34. The highest BCUT2D eigenvalue weighted by Gasteiger charge is 2.20. The SMILES string of the molecule is CCNc1ncc(Br)cc1C(=O)NCC1CN(C)CCO1. The minimum absolute atomic E-state index is 0.0374. The first-order valence-electron chi connectivity index (χ1n) is 7.08. The van der Waals surface area contributed by atoms with Gasteiger partial charge in [-0.2, -0.15) is 0 Å². The summed E-state index contributed by atoms with van der Waals surface area (Å²) in [5, 5.41) is 6.02. The number of carbonyl (C=O) groups is 1. The molecule has 2 N–H and O–H groups in total. The molecule has 1 amide bonds. The number of rotatable bonds is 5. The van der Waals surface area contributed by atoms with Crippen LogP contribution in [0, 0.1) is 0 Å². The topological polar surface area (TPSA) is 66.5 Å². The number of hydrogen-bond donors (Lipinski definition) is 2. The third kappa shape index (κ3) is 4.66. The molecule has 116 valence electrons. The maximum absolute atomic E-state index is 12.3. The molecule has 1 aliphatic heterocycles.